The van der Waals surface area contributed by atoms with Crippen LogP contribution in [0.25, 0.3) is 0 Å². The number of carbonyl (C=O) groups excluding carboxylic acids is 1. The Morgan fingerprint density at radius 2 is 1.66 bits per heavy atom. The SMILES string of the molecule is N#Cc1ccccc1NC(=O)c1ccnc(N2CCN(c3ncccn3)CC2)c1. The Morgan fingerprint density at radius 1 is 0.931 bits per heavy atom. The maximum absolute atomic E-state index is 12.7. The van der Waals surface area contributed by atoms with Crippen molar-refractivity contribution in [3.63, 3.8) is 0 Å². The van der Waals surface area contributed by atoms with Crippen LogP contribution in [0.4, 0.5) is 17.5 Å². The standard InChI is InChI=1S/C21H19N7O/c22-15-17-4-1-2-5-18(17)26-20(29)16-6-9-23-19(14-16)27-10-12-28(13-11-27)21-24-7-3-8-25-21/h1-9,14H,10-13H2,(H,26,29). The van der Waals surface area contributed by atoms with Gasteiger partial charge in [-0.2, -0.15) is 5.26 Å². The highest BCUT2D eigenvalue weighted by molar-refractivity contribution is 6.05. The van der Waals surface area contributed by atoms with E-state index in [2.05, 4.69) is 36.1 Å². The van der Waals surface area contributed by atoms with Crippen molar-refractivity contribution in [1.29, 1.82) is 5.26 Å². The van der Waals surface area contributed by atoms with Gasteiger partial charge in [-0.3, -0.25) is 4.79 Å². The van der Waals surface area contributed by atoms with Crippen LogP contribution in [0.2, 0.25) is 0 Å². The second-order valence-electron chi connectivity index (χ2n) is 6.54. The molecule has 8 nitrogen and oxygen atoms in total. The first-order chi connectivity index (χ1) is 14.2. The molecule has 29 heavy (non-hydrogen) atoms. The second kappa shape index (κ2) is 8.35. The largest absolute Gasteiger partial charge is 0.353 e. The van der Waals surface area contributed by atoms with E-state index in [4.69, 9.17) is 0 Å². The van der Waals surface area contributed by atoms with Crippen LogP contribution in [0.15, 0.2) is 61.1 Å². The molecule has 0 aliphatic carbocycles. The van der Waals surface area contributed by atoms with Gasteiger partial charge in [0.2, 0.25) is 5.95 Å². The highest BCUT2D eigenvalue weighted by atomic mass is 16.1. The van der Waals surface area contributed by atoms with Gasteiger partial charge in [-0.1, -0.05) is 12.1 Å². The summed E-state index contributed by atoms with van der Waals surface area (Å²) in [6, 6.07) is 14.3. The van der Waals surface area contributed by atoms with Gasteiger partial charge in [0.05, 0.1) is 11.3 Å². The van der Waals surface area contributed by atoms with Crippen LogP contribution in [-0.4, -0.2) is 47.0 Å². The number of pyridine rings is 1. The summed E-state index contributed by atoms with van der Waals surface area (Å²) < 4.78 is 0. The van der Waals surface area contributed by atoms with Crippen molar-refractivity contribution < 1.29 is 4.79 Å². The molecule has 0 bridgehead atoms. The lowest BCUT2D eigenvalue weighted by Gasteiger charge is -2.35. The Kier molecular flexibility index (Phi) is 5.29. The first-order valence-electron chi connectivity index (χ1n) is 9.28. The molecule has 0 radical (unpaired) electrons. The molecule has 3 heterocycles. The summed E-state index contributed by atoms with van der Waals surface area (Å²) >= 11 is 0. The van der Waals surface area contributed by atoms with Gasteiger partial charge in [0.15, 0.2) is 0 Å². The minimum absolute atomic E-state index is 0.271. The van der Waals surface area contributed by atoms with Crippen LogP contribution in [-0.2, 0) is 0 Å². The number of nitrogens with one attached hydrogen (secondary N) is 1. The van der Waals surface area contributed by atoms with Crippen molar-refractivity contribution in [2.75, 3.05) is 41.3 Å². The molecule has 1 amide bonds. The molecule has 1 aromatic carbocycles. The number of nitrogens with zero attached hydrogens (tertiary/aromatic N) is 6. The fourth-order valence-corrected chi connectivity index (χ4v) is 3.21. The minimum atomic E-state index is -0.271. The normalized spacial score (nSPS) is 13.6. The summed E-state index contributed by atoms with van der Waals surface area (Å²) in [7, 11) is 0. The van der Waals surface area contributed by atoms with Crippen molar-refractivity contribution >= 4 is 23.4 Å². The van der Waals surface area contributed by atoms with Gasteiger partial charge < -0.3 is 15.1 Å². The zero-order chi connectivity index (χ0) is 20.1. The summed E-state index contributed by atoms with van der Waals surface area (Å²) in [6.45, 7) is 3.07. The highest BCUT2D eigenvalue weighted by Gasteiger charge is 2.20. The summed E-state index contributed by atoms with van der Waals surface area (Å²) in [4.78, 5) is 30.0. The maximum Gasteiger partial charge on any atom is 0.255 e. The Morgan fingerprint density at radius 3 is 2.41 bits per heavy atom. The molecule has 0 spiro atoms. The third-order valence-corrected chi connectivity index (χ3v) is 4.74. The monoisotopic (exact) mass is 385 g/mol. The molecule has 1 fully saturated rings. The molecule has 144 valence electrons. The average Bonchev–Trinajstić information content (AvgIpc) is 2.80. The predicted molar refractivity (Wildman–Crippen MR) is 110 cm³/mol. The van der Waals surface area contributed by atoms with E-state index >= 15 is 0 Å². The molecule has 0 unspecified atom stereocenters. The molecule has 0 atom stereocenters. The first kappa shape index (κ1) is 18.4. The molecular weight excluding hydrogens is 366 g/mol. The van der Waals surface area contributed by atoms with Gasteiger partial charge in [0.1, 0.15) is 11.9 Å². The minimum Gasteiger partial charge on any atom is -0.353 e. The molecule has 1 saturated heterocycles. The maximum atomic E-state index is 12.7. The van der Waals surface area contributed by atoms with Crippen molar-refractivity contribution in [2.24, 2.45) is 0 Å². The van der Waals surface area contributed by atoms with Gasteiger partial charge in [-0.05, 0) is 30.3 Å². The number of nitriles is 1. The quantitative estimate of drug-likeness (QED) is 0.736. The number of para-hydroxylation sites is 1. The van der Waals surface area contributed by atoms with Crippen molar-refractivity contribution in [3.05, 3.63) is 72.2 Å². The van der Waals surface area contributed by atoms with E-state index < -0.39 is 0 Å². The van der Waals surface area contributed by atoms with Gasteiger partial charge in [0, 0.05) is 50.3 Å². The number of rotatable bonds is 4. The second-order valence-corrected chi connectivity index (χ2v) is 6.54. The van der Waals surface area contributed by atoms with E-state index in [9.17, 15) is 10.1 Å². The number of hydrogen-bond acceptors (Lipinski definition) is 7. The van der Waals surface area contributed by atoms with E-state index in [1.165, 1.54) is 0 Å². The third kappa shape index (κ3) is 4.14. The molecule has 2 aromatic heterocycles. The number of aromatic nitrogens is 3. The van der Waals surface area contributed by atoms with Crippen LogP contribution in [0.3, 0.4) is 0 Å². The number of carbonyl (C=O) groups is 1. The number of hydrogen-bond donors (Lipinski definition) is 1. The molecule has 3 aromatic rings. The molecular formula is C21H19N7O. The van der Waals surface area contributed by atoms with Crippen LogP contribution >= 0.6 is 0 Å². The van der Waals surface area contributed by atoms with E-state index in [0.717, 1.165) is 37.9 Å². The van der Waals surface area contributed by atoms with Crippen molar-refractivity contribution in [2.45, 2.75) is 0 Å². The topological polar surface area (TPSA) is 98.0 Å². The smallest absolute Gasteiger partial charge is 0.255 e. The lowest BCUT2D eigenvalue weighted by atomic mass is 10.1. The number of amides is 1. The van der Waals surface area contributed by atoms with Gasteiger partial charge >= 0.3 is 0 Å². The Balaban J connectivity index is 1.44. The van der Waals surface area contributed by atoms with Gasteiger partial charge in [-0.25, -0.2) is 15.0 Å². The molecule has 1 N–H and O–H groups in total. The fraction of sp³-hybridized carbons (Fsp3) is 0.190. The van der Waals surface area contributed by atoms with Gasteiger partial charge in [0.25, 0.3) is 5.91 Å². The van der Waals surface area contributed by atoms with E-state index in [1.807, 2.05) is 0 Å². The lowest BCUT2D eigenvalue weighted by Crippen LogP contribution is -2.47. The first-order valence-corrected chi connectivity index (χ1v) is 9.28. The summed E-state index contributed by atoms with van der Waals surface area (Å²) in [6.07, 6.45) is 5.11. The number of anilines is 3. The zero-order valence-electron chi connectivity index (χ0n) is 15.7. The summed E-state index contributed by atoms with van der Waals surface area (Å²) in [5.74, 6) is 1.21. The predicted octanol–water partition coefficient (Wildman–Crippen LogP) is 2.32. The number of benzene rings is 1. The van der Waals surface area contributed by atoms with Crippen LogP contribution < -0.4 is 15.1 Å². The fourth-order valence-electron chi connectivity index (χ4n) is 3.21. The van der Waals surface area contributed by atoms with E-state index in [-0.39, 0.29) is 5.91 Å². The Labute approximate surface area is 168 Å². The van der Waals surface area contributed by atoms with Crippen LogP contribution in [0, 0.1) is 11.3 Å². The number of piperazine rings is 1. The molecule has 1 aliphatic rings. The van der Waals surface area contributed by atoms with Crippen LogP contribution in [0.1, 0.15) is 15.9 Å². The van der Waals surface area contributed by atoms with E-state index in [1.54, 1.807) is 61.1 Å². The third-order valence-electron chi connectivity index (χ3n) is 4.74. The molecule has 8 heteroatoms. The van der Waals surface area contributed by atoms with E-state index in [0.29, 0.717) is 16.8 Å². The average molecular weight is 385 g/mol. The highest BCUT2D eigenvalue weighted by Crippen LogP contribution is 2.19. The van der Waals surface area contributed by atoms with Crippen molar-refractivity contribution in [1.82, 2.24) is 15.0 Å². The summed E-state index contributed by atoms with van der Waals surface area (Å²) in [5.41, 5.74) is 1.42. The zero-order valence-corrected chi connectivity index (χ0v) is 15.7. The molecule has 4 rings (SSSR count). The molecule has 0 saturated carbocycles. The Bertz CT molecular complexity index is 1040. The van der Waals surface area contributed by atoms with Gasteiger partial charge in [-0.15, -0.1) is 0 Å². The Hall–Kier alpha value is -3.99. The lowest BCUT2D eigenvalue weighted by molar-refractivity contribution is 0.102. The van der Waals surface area contributed by atoms with Crippen molar-refractivity contribution in [3.8, 4) is 6.07 Å². The molecule has 1 aliphatic heterocycles. The van der Waals surface area contributed by atoms with Crippen LogP contribution in [0.5, 0.6) is 0 Å². The summed E-state index contributed by atoms with van der Waals surface area (Å²) in [5, 5.41) is 12.0.